The Morgan fingerprint density at radius 3 is 2.28 bits per heavy atom. The molecule has 2 rings (SSSR count). The summed E-state index contributed by atoms with van der Waals surface area (Å²) in [6.07, 6.45) is 6.21. The predicted octanol–water partition coefficient (Wildman–Crippen LogP) is 2.61. The summed E-state index contributed by atoms with van der Waals surface area (Å²) < 4.78 is 0. The van der Waals surface area contributed by atoms with Gasteiger partial charge >= 0.3 is 0 Å². The Balaban J connectivity index is 0.00000312. The number of rotatable bonds is 8. The average Bonchev–Trinajstić information content (AvgIpc) is 2.60. The summed E-state index contributed by atoms with van der Waals surface area (Å²) in [5, 5.41) is 0. The maximum Gasteiger partial charge on any atom is 0.223 e. The monoisotopic (exact) mass is 367 g/mol. The van der Waals surface area contributed by atoms with Gasteiger partial charge in [-0.3, -0.25) is 9.59 Å². The average molecular weight is 368 g/mol. The normalized spacial score (nSPS) is 15.9. The molecule has 0 unspecified atom stereocenters. The van der Waals surface area contributed by atoms with Crippen molar-refractivity contribution in [1.29, 1.82) is 0 Å². The number of nitrogens with zero attached hydrogens (tertiary/aromatic N) is 1. The molecule has 0 atom stereocenters. The third-order valence-corrected chi connectivity index (χ3v) is 5.07. The number of carbonyl (C=O) groups is 2. The van der Waals surface area contributed by atoms with Crippen LogP contribution in [0.15, 0.2) is 30.3 Å². The van der Waals surface area contributed by atoms with E-state index in [0.717, 1.165) is 31.2 Å². The molecular weight excluding hydrogens is 338 g/mol. The molecular formula is C19H30ClN3O2. The van der Waals surface area contributed by atoms with E-state index in [4.69, 9.17) is 11.5 Å². The predicted molar refractivity (Wildman–Crippen MR) is 102 cm³/mol. The van der Waals surface area contributed by atoms with E-state index >= 15 is 0 Å². The Labute approximate surface area is 156 Å². The van der Waals surface area contributed by atoms with E-state index in [-0.39, 0.29) is 36.1 Å². The van der Waals surface area contributed by atoms with Gasteiger partial charge in [-0.2, -0.15) is 0 Å². The van der Waals surface area contributed by atoms with Crippen LogP contribution in [0.5, 0.6) is 0 Å². The van der Waals surface area contributed by atoms with Gasteiger partial charge in [0.15, 0.2) is 0 Å². The highest BCUT2D eigenvalue weighted by atomic mass is 35.5. The van der Waals surface area contributed by atoms with Crippen molar-refractivity contribution in [3.05, 3.63) is 35.9 Å². The van der Waals surface area contributed by atoms with Crippen LogP contribution >= 0.6 is 12.4 Å². The van der Waals surface area contributed by atoms with Gasteiger partial charge in [-0.1, -0.05) is 49.6 Å². The third-order valence-electron chi connectivity index (χ3n) is 5.07. The van der Waals surface area contributed by atoms with Crippen LogP contribution in [0.1, 0.15) is 50.5 Å². The van der Waals surface area contributed by atoms with E-state index in [0.29, 0.717) is 26.1 Å². The highest BCUT2D eigenvalue weighted by molar-refractivity contribution is 5.85. The first-order valence-corrected chi connectivity index (χ1v) is 8.85. The number of benzene rings is 1. The number of halogens is 1. The molecule has 1 aliphatic carbocycles. The summed E-state index contributed by atoms with van der Waals surface area (Å²) in [6, 6.07) is 9.83. The minimum atomic E-state index is -0.382. The Kier molecular flexibility index (Phi) is 8.93. The van der Waals surface area contributed by atoms with E-state index < -0.39 is 0 Å². The molecule has 1 aromatic rings. The van der Waals surface area contributed by atoms with Crippen LogP contribution in [0.25, 0.3) is 0 Å². The molecule has 0 aromatic heterocycles. The summed E-state index contributed by atoms with van der Waals surface area (Å²) in [7, 11) is 0. The quantitative estimate of drug-likeness (QED) is 0.740. The first kappa shape index (κ1) is 21.5. The summed E-state index contributed by atoms with van der Waals surface area (Å²) in [5.74, 6) is -0.306. The fourth-order valence-corrected chi connectivity index (χ4v) is 3.53. The van der Waals surface area contributed by atoms with Crippen LogP contribution in [0.2, 0.25) is 0 Å². The van der Waals surface area contributed by atoms with Crippen molar-refractivity contribution in [2.45, 2.75) is 51.5 Å². The van der Waals surface area contributed by atoms with Crippen LogP contribution in [-0.4, -0.2) is 29.8 Å². The molecule has 1 saturated carbocycles. The minimum Gasteiger partial charge on any atom is -0.370 e. The van der Waals surface area contributed by atoms with E-state index in [1.807, 2.05) is 30.3 Å². The number of nitrogens with two attached hydrogens (primary N) is 2. The molecule has 0 bridgehead atoms. The fourth-order valence-electron chi connectivity index (χ4n) is 3.53. The molecule has 0 aliphatic heterocycles. The van der Waals surface area contributed by atoms with Gasteiger partial charge in [0.05, 0.1) is 0 Å². The Bertz CT molecular complexity index is 545. The van der Waals surface area contributed by atoms with Gasteiger partial charge in [0.1, 0.15) is 0 Å². The zero-order valence-corrected chi connectivity index (χ0v) is 15.6. The van der Waals surface area contributed by atoms with E-state index in [1.54, 1.807) is 4.90 Å². The second-order valence-electron chi connectivity index (χ2n) is 6.96. The van der Waals surface area contributed by atoms with Crippen molar-refractivity contribution in [2.75, 3.05) is 13.1 Å². The lowest BCUT2D eigenvalue weighted by molar-refractivity contribution is -0.135. The number of hydrogen-bond acceptors (Lipinski definition) is 3. The minimum absolute atomic E-state index is 0. The number of carbonyl (C=O) groups excluding carboxylic acids is 2. The topological polar surface area (TPSA) is 89.4 Å². The van der Waals surface area contributed by atoms with Crippen molar-refractivity contribution in [1.82, 2.24) is 4.90 Å². The fraction of sp³-hybridized carbons (Fsp3) is 0.579. The standard InChI is InChI=1S/C19H29N3O2.ClH/c20-15-19(10-5-2-6-11-19)13-18(24)22(12-9-17(21)23)14-16-7-3-1-4-8-16;/h1,3-4,7-8H,2,5-6,9-15,20H2,(H2,21,23);1H. The molecule has 0 radical (unpaired) electrons. The van der Waals surface area contributed by atoms with Gasteiger partial charge in [-0.05, 0) is 30.4 Å². The van der Waals surface area contributed by atoms with Crippen molar-refractivity contribution < 1.29 is 9.59 Å². The van der Waals surface area contributed by atoms with Crippen molar-refractivity contribution >= 4 is 24.2 Å². The summed E-state index contributed by atoms with van der Waals surface area (Å²) >= 11 is 0. The molecule has 0 heterocycles. The Morgan fingerprint density at radius 1 is 1.08 bits per heavy atom. The first-order valence-electron chi connectivity index (χ1n) is 8.85. The summed E-state index contributed by atoms with van der Waals surface area (Å²) in [4.78, 5) is 25.8. The smallest absolute Gasteiger partial charge is 0.223 e. The Morgan fingerprint density at radius 2 is 1.72 bits per heavy atom. The van der Waals surface area contributed by atoms with Crippen LogP contribution < -0.4 is 11.5 Å². The second-order valence-corrected chi connectivity index (χ2v) is 6.96. The van der Waals surface area contributed by atoms with Gasteiger partial charge in [-0.25, -0.2) is 0 Å². The lowest BCUT2D eigenvalue weighted by atomic mass is 9.71. The lowest BCUT2D eigenvalue weighted by Gasteiger charge is -2.37. The van der Waals surface area contributed by atoms with Crippen LogP contribution in [-0.2, 0) is 16.1 Å². The van der Waals surface area contributed by atoms with Crippen LogP contribution in [0.4, 0.5) is 0 Å². The van der Waals surface area contributed by atoms with Crippen molar-refractivity contribution in [3.8, 4) is 0 Å². The zero-order valence-electron chi connectivity index (χ0n) is 14.8. The molecule has 25 heavy (non-hydrogen) atoms. The highest BCUT2D eigenvalue weighted by Crippen LogP contribution is 2.38. The number of primary amides is 1. The zero-order chi connectivity index (χ0) is 17.4. The van der Waals surface area contributed by atoms with Gasteiger partial charge in [0.25, 0.3) is 0 Å². The van der Waals surface area contributed by atoms with Gasteiger partial charge in [0.2, 0.25) is 11.8 Å². The molecule has 1 fully saturated rings. The molecule has 1 aromatic carbocycles. The van der Waals surface area contributed by atoms with E-state index in [9.17, 15) is 9.59 Å². The second kappa shape index (κ2) is 10.4. The maximum atomic E-state index is 12.9. The summed E-state index contributed by atoms with van der Waals surface area (Å²) in [5.41, 5.74) is 12.3. The van der Waals surface area contributed by atoms with E-state index in [2.05, 4.69) is 0 Å². The molecule has 5 nitrogen and oxygen atoms in total. The summed E-state index contributed by atoms with van der Waals surface area (Å²) in [6.45, 7) is 1.42. The Hall–Kier alpha value is -1.59. The van der Waals surface area contributed by atoms with Crippen molar-refractivity contribution in [2.24, 2.45) is 16.9 Å². The largest absolute Gasteiger partial charge is 0.370 e. The highest BCUT2D eigenvalue weighted by Gasteiger charge is 2.34. The molecule has 6 heteroatoms. The molecule has 0 spiro atoms. The molecule has 0 saturated heterocycles. The van der Waals surface area contributed by atoms with Gasteiger partial charge in [0, 0.05) is 25.9 Å². The van der Waals surface area contributed by atoms with Crippen LogP contribution in [0.3, 0.4) is 0 Å². The van der Waals surface area contributed by atoms with Crippen LogP contribution in [0, 0.1) is 5.41 Å². The number of amides is 2. The van der Waals surface area contributed by atoms with Crippen molar-refractivity contribution in [3.63, 3.8) is 0 Å². The SMILES string of the molecule is Cl.NCC1(CC(=O)N(CCC(N)=O)Cc2ccccc2)CCCCC1. The van der Waals surface area contributed by atoms with Gasteiger partial charge in [-0.15, -0.1) is 12.4 Å². The molecule has 2 amide bonds. The van der Waals surface area contributed by atoms with E-state index in [1.165, 1.54) is 6.42 Å². The lowest BCUT2D eigenvalue weighted by Crippen LogP contribution is -2.41. The third kappa shape index (κ3) is 6.67. The number of hydrogen-bond donors (Lipinski definition) is 2. The maximum absolute atomic E-state index is 12.9. The molecule has 4 N–H and O–H groups in total. The van der Waals surface area contributed by atoms with Gasteiger partial charge < -0.3 is 16.4 Å². The first-order chi connectivity index (χ1) is 11.5. The molecule has 140 valence electrons. The molecule has 1 aliphatic rings.